The van der Waals surface area contributed by atoms with E-state index < -0.39 is 0 Å². The lowest BCUT2D eigenvalue weighted by Crippen LogP contribution is -2.48. The van der Waals surface area contributed by atoms with Crippen molar-refractivity contribution < 1.29 is 9.59 Å². The van der Waals surface area contributed by atoms with E-state index in [2.05, 4.69) is 11.4 Å². The lowest BCUT2D eigenvalue weighted by atomic mass is 9.88. The Labute approximate surface area is 193 Å². The molecule has 0 spiro atoms. The summed E-state index contributed by atoms with van der Waals surface area (Å²) in [7, 11) is 0. The van der Waals surface area contributed by atoms with Gasteiger partial charge in [0.05, 0.1) is 6.04 Å². The molecule has 3 aliphatic rings. The van der Waals surface area contributed by atoms with Crippen LogP contribution in [0.25, 0.3) is 0 Å². The summed E-state index contributed by atoms with van der Waals surface area (Å²) in [6.07, 6.45) is 8.39. The molecular formula is C25H29ClN2O2S. The maximum atomic E-state index is 13.6. The molecule has 31 heavy (non-hydrogen) atoms. The average Bonchev–Trinajstić information content (AvgIpc) is 3.53. The SMILES string of the molecule is O=C(C1CCCCC1)N(CC(=O)N1CCc2sccc2C1c1ccc(Cl)cc1)C1CC1. The highest BCUT2D eigenvalue weighted by atomic mass is 35.5. The summed E-state index contributed by atoms with van der Waals surface area (Å²) in [6.45, 7) is 0.902. The average molecular weight is 457 g/mol. The third kappa shape index (κ3) is 4.40. The van der Waals surface area contributed by atoms with E-state index in [9.17, 15) is 9.59 Å². The van der Waals surface area contributed by atoms with Gasteiger partial charge in [0.25, 0.3) is 0 Å². The lowest BCUT2D eigenvalue weighted by molar-refractivity contribution is -0.145. The number of amides is 2. The lowest BCUT2D eigenvalue weighted by Gasteiger charge is -2.38. The normalized spacial score (nSPS) is 21.6. The van der Waals surface area contributed by atoms with Crippen LogP contribution in [0.2, 0.25) is 5.02 Å². The van der Waals surface area contributed by atoms with E-state index in [1.807, 2.05) is 34.1 Å². The molecule has 1 aromatic carbocycles. The van der Waals surface area contributed by atoms with Gasteiger partial charge >= 0.3 is 0 Å². The Morgan fingerprint density at radius 1 is 1.03 bits per heavy atom. The highest BCUT2D eigenvalue weighted by Crippen LogP contribution is 2.39. The van der Waals surface area contributed by atoms with Crippen molar-refractivity contribution >= 4 is 34.8 Å². The number of nitrogens with zero attached hydrogens (tertiary/aromatic N) is 2. The van der Waals surface area contributed by atoms with Gasteiger partial charge in [0.2, 0.25) is 11.8 Å². The Kier molecular flexibility index (Phi) is 6.07. The van der Waals surface area contributed by atoms with Gasteiger partial charge in [0.1, 0.15) is 6.54 Å². The molecule has 2 amide bonds. The van der Waals surface area contributed by atoms with Crippen molar-refractivity contribution in [3.05, 3.63) is 56.7 Å². The first kappa shape index (κ1) is 21.0. The van der Waals surface area contributed by atoms with Gasteiger partial charge in [0.15, 0.2) is 0 Å². The summed E-state index contributed by atoms with van der Waals surface area (Å²) in [4.78, 5) is 32.2. The molecule has 2 fully saturated rings. The summed E-state index contributed by atoms with van der Waals surface area (Å²) in [5, 5.41) is 2.81. The van der Waals surface area contributed by atoms with E-state index >= 15 is 0 Å². The van der Waals surface area contributed by atoms with Crippen molar-refractivity contribution in [1.82, 2.24) is 9.80 Å². The van der Waals surface area contributed by atoms with E-state index in [-0.39, 0.29) is 36.4 Å². The van der Waals surface area contributed by atoms with E-state index in [0.717, 1.165) is 50.5 Å². The smallest absolute Gasteiger partial charge is 0.243 e. The summed E-state index contributed by atoms with van der Waals surface area (Å²) < 4.78 is 0. The molecule has 2 aliphatic carbocycles. The van der Waals surface area contributed by atoms with E-state index in [4.69, 9.17) is 11.6 Å². The van der Waals surface area contributed by atoms with Gasteiger partial charge in [-0.3, -0.25) is 9.59 Å². The van der Waals surface area contributed by atoms with Gasteiger partial charge in [-0.25, -0.2) is 0 Å². The standard InChI is InChI=1S/C25H29ClN2O2S/c26-19-8-6-17(7-9-19)24-21-13-15-31-22(21)12-14-27(24)23(29)16-28(20-10-11-20)25(30)18-4-2-1-3-5-18/h6-9,13,15,18,20,24H,1-5,10-12,14,16H2. The quantitative estimate of drug-likeness (QED) is 0.600. The van der Waals surface area contributed by atoms with Gasteiger partial charge in [-0.2, -0.15) is 0 Å². The zero-order valence-corrected chi connectivity index (χ0v) is 19.3. The van der Waals surface area contributed by atoms with Crippen molar-refractivity contribution in [2.24, 2.45) is 5.92 Å². The minimum atomic E-state index is -0.106. The number of hydrogen-bond donors (Lipinski definition) is 0. The third-order valence-electron chi connectivity index (χ3n) is 7.00. The summed E-state index contributed by atoms with van der Waals surface area (Å²) in [5.41, 5.74) is 2.29. The molecule has 164 valence electrons. The fourth-order valence-corrected chi connectivity index (χ4v) is 6.21. The highest BCUT2D eigenvalue weighted by Gasteiger charge is 2.40. The van der Waals surface area contributed by atoms with Crippen LogP contribution in [0, 0.1) is 5.92 Å². The molecule has 0 saturated heterocycles. The second-order valence-electron chi connectivity index (χ2n) is 9.12. The second kappa shape index (κ2) is 8.95. The van der Waals surface area contributed by atoms with E-state index in [1.54, 1.807) is 11.3 Å². The Balaban J connectivity index is 1.38. The molecule has 0 radical (unpaired) electrons. The number of halogens is 1. The van der Waals surface area contributed by atoms with Crippen molar-refractivity contribution in [2.75, 3.05) is 13.1 Å². The first-order chi connectivity index (χ1) is 15.1. The molecule has 0 bridgehead atoms. The molecule has 6 heteroatoms. The van der Waals surface area contributed by atoms with Crippen LogP contribution in [-0.2, 0) is 16.0 Å². The van der Waals surface area contributed by atoms with Crippen molar-refractivity contribution in [3.8, 4) is 0 Å². The summed E-state index contributed by atoms with van der Waals surface area (Å²) >= 11 is 7.89. The van der Waals surface area contributed by atoms with Crippen molar-refractivity contribution in [2.45, 2.75) is 63.5 Å². The maximum absolute atomic E-state index is 13.6. The summed E-state index contributed by atoms with van der Waals surface area (Å²) in [6, 6.07) is 10.1. The molecule has 1 unspecified atom stereocenters. The first-order valence-corrected chi connectivity index (χ1v) is 12.8. The van der Waals surface area contributed by atoms with Crippen LogP contribution in [0.4, 0.5) is 0 Å². The second-order valence-corrected chi connectivity index (χ2v) is 10.6. The van der Waals surface area contributed by atoms with Crippen molar-refractivity contribution in [3.63, 3.8) is 0 Å². The Bertz CT molecular complexity index is 947. The predicted octanol–water partition coefficient (Wildman–Crippen LogP) is 5.45. The van der Waals surface area contributed by atoms with Gasteiger partial charge in [-0.15, -0.1) is 11.3 Å². The topological polar surface area (TPSA) is 40.6 Å². The number of hydrogen-bond acceptors (Lipinski definition) is 3. The number of benzene rings is 1. The van der Waals surface area contributed by atoms with E-state index in [0.29, 0.717) is 11.6 Å². The molecule has 2 aromatic rings. The van der Waals surface area contributed by atoms with Crippen molar-refractivity contribution in [1.29, 1.82) is 0 Å². The molecule has 1 aromatic heterocycles. The van der Waals surface area contributed by atoms with Crippen LogP contribution in [0.5, 0.6) is 0 Å². The van der Waals surface area contributed by atoms with Crippen LogP contribution in [0.1, 0.15) is 67.0 Å². The molecule has 5 rings (SSSR count). The van der Waals surface area contributed by atoms with Gasteiger partial charge in [-0.05, 0) is 66.8 Å². The molecule has 4 nitrogen and oxygen atoms in total. The number of rotatable bonds is 5. The van der Waals surface area contributed by atoms with Gasteiger partial charge in [-0.1, -0.05) is 43.0 Å². The molecular weight excluding hydrogens is 428 g/mol. The number of carbonyl (C=O) groups is 2. The minimum Gasteiger partial charge on any atom is -0.330 e. The maximum Gasteiger partial charge on any atom is 0.243 e. The summed E-state index contributed by atoms with van der Waals surface area (Å²) in [5.74, 6) is 0.388. The molecule has 0 N–H and O–H groups in total. The Morgan fingerprint density at radius 2 is 1.77 bits per heavy atom. The van der Waals surface area contributed by atoms with E-state index in [1.165, 1.54) is 16.9 Å². The zero-order valence-electron chi connectivity index (χ0n) is 17.8. The molecule has 2 saturated carbocycles. The van der Waals surface area contributed by atoms with Crippen LogP contribution in [-0.4, -0.2) is 40.7 Å². The number of thiophene rings is 1. The van der Waals surface area contributed by atoms with Gasteiger partial charge in [0, 0.05) is 28.4 Å². The fraction of sp³-hybridized carbons (Fsp3) is 0.520. The Morgan fingerprint density at radius 3 is 2.48 bits per heavy atom. The molecule has 1 aliphatic heterocycles. The van der Waals surface area contributed by atoms with Gasteiger partial charge < -0.3 is 9.80 Å². The number of carbonyl (C=O) groups excluding carboxylic acids is 2. The third-order valence-corrected chi connectivity index (χ3v) is 8.25. The van der Waals surface area contributed by atoms with Crippen LogP contribution in [0.3, 0.4) is 0 Å². The van der Waals surface area contributed by atoms with Crippen LogP contribution in [0.15, 0.2) is 35.7 Å². The first-order valence-electron chi connectivity index (χ1n) is 11.5. The fourth-order valence-electron chi connectivity index (χ4n) is 5.18. The minimum absolute atomic E-state index is 0.0628. The zero-order chi connectivity index (χ0) is 21.4. The predicted molar refractivity (Wildman–Crippen MR) is 124 cm³/mol. The Hall–Kier alpha value is -1.85. The monoisotopic (exact) mass is 456 g/mol. The van der Waals surface area contributed by atoms with Crippen LogP contribution < -0.4 is 0 Å². The number of fused-ring (bicyclic) bond motifs is 1. The largest absolute Gasteiger partial charge is 0.330 e. The highest BCUT2D eigenvalue weighted by molar-refractivity contribution is 7.10. The molecule has 1 atom stereocenters. The molecule has 2 heterocycles. The van der Waals surface area contributed by atoms with Crippen LogP contribution >= 0.6 is 22.9 Å².